The zero-order valence-electron chi connectivity index (χ0n) is 10.8. The third-order valence-electron chi connectivity index (χ3n) is 3.60. The minimum absolute atomic E-state index is 0.387. The molecule has 2 rings (SSSR count). The average molecular weight is 376 g/mol. The van der Waals surface area contributed by atoms with Gasteiger partial charge in [-0.15, -0.1) is 0 Å². The molecule has 1 aliphatic carbocycles. The van der Waals surface area contributed by atoms with Crippen LogP contribution in [-0.4, -0.2) is 11.5 Å². The van der Waals surface area contributed by atoms with Crippen molar-refractivity contribution in [1.82, 2.24) is 10.3 Å². The number of aromatic nitrogens is 1. The van der Waals surface area contributed by atoms with Crippen LogP contribution in [0.1, 0.15) is 50.8 Å². The molecule has 1 aromatic heterocycles. The normalized spacial score (nSPS) is 17.5. The number of hydrogen-bond acceptors (Lipinski definition) is 2. The Balaban J connectivity index is 2.09. The quantitative estimate of drug-likeness (QED) is 0.769. The maximum Gasteiger partial charge on any atom is 0.0715 e. The Kier molecular flexibility index (Phi) is 5.64. The first-order valence-corrected chi connectivity index (χ1v) is 8.33. The van der Waals surface area contributed by atoms with Crippen LogP contribution >= 0.6 is 31.9 Å². The summed E-state index contributed by atoms with van der Waals surface area (Å²) in [7, 11) is 0. The van der Waals surface area contributed by atoms with Crippen LogP contribution in [0.25, 0.3) is 0 Å². The lowest BCUT2D eigenvalue weighted by molar-refractivity contribution is 0.259. The van der Waals surface area contributed by atoms with E-state index in [1.54, 1.807) is 0 Å². The number of nitrogens with zero attached hydrogens (tertiary/aromatic N) is 1. The predicted octanol–water partition coefficient (Wildman–Crippen LogP) is 4.84. The molecule has 0 radical (unpaired) electrons. The van der Waals surface area contributed by atoms with Crippen LogP contribution < -0.4 is 5.32 Å². The van der Waals surface area contributed by atoms with E-state index in [0.29, 0.717) is 6.04 Å². The fourth-order valence-electron chi connectivity index (χ4n) is 2.35. The molecule has 2 nitrogen and oxygen atoms in total. The van der Waals surface area contributed by atoms with Gasteiger partial charge in [-0.25, -0.2) is 0 Å². The summed E-state index contributed by atoms with van der Waals surface area (Å²) in [6, 6.07) is 2.47. The lowest BCUT2D eigenvalue weighted by Crippen LogP contribution is -2.27. The summed E-state index contributed by atoms with van der Waals surface area (Å²) in [6.45, 7) is 3.26. The molecule has 0 spiro atoms. The van der Waals surface area contributed by atoms with Gasteiger partial charge >= 0.3 is 0 Å². The first-order chi connectivity index (χ1) is 8.70. The Morgan fingerprint density at radius 2 is 2.22 bits per heavy atom. The monoisotopic (exact) mass is 374 g/mol. The highest BCUT2D eigenvalue weighted by molar-refractivity contribution is 9.11. The molecule has 1 atom stereocenters. The van der Waals surface area contributed by atoms with Crippen LogP contribution in [0.3, 0.4) is 0 Å². The largest absolute Gasteiger partial charge is 0.309 e. The topological polar surface area (TPSA) is 24.9 Å². The number of nitrogens with one attached hydrogen (secondary N) is 1. The summed E-state index contributed by atoms with van der Waals surface area (Å²) in [5.74, 6) is 0.886. The number of hydrogen-bond donors (Lipinski definition) is 1. The van der Waals surface area contributed by atoms with Crippen molar-refractivity contribution in [2.24, 2.45) is 5.92 Å². The Hall–Kier alpha value is 0.0700. The molecule has 1 unspecified atom stereocenters. The summed E-state index contributed by atoms with van der Waals surface area (Å²) in [6.07, 6.45) is 8.45. The van der Waals surface area contributed by atoms with Crippen LogP contribution in [0.4, 0.5) is 0 Å². The molecular formula is C14H20Br2N2. The fraction of sp³-hybridized carbons (Fsp3) is 0.643. The van der Waals surface area contributed by atoms with Gasteiger partial charge in [0.25, 0.3) is 0 Å². The van der Waals surface area contributed by atoms with Gasteiger partial charge in [0.1, 0.15) is 0 Å². The van der Waals surface area contributed by atoms with E-state index < -0.39 is 0 Å². The molecule has 1 saturated carbocycles. The predicted molar refractivity (Wildman–Crippen MR) is 82.6 cm³/mol. The Morgan fingerprint density at radius 1 is 1.44 bits per heavy atom. The second-order valence-electron chi connectivity index (χ2n) is 5.06. The van der Waals surface area contributed by atoms with Gasteiger partial charge in [0.05, 0.1) is 11.7 Å². The van der Waals surface area contributed by atoms with Crippen molar-refractivity contribution >= 4 is 31.9 Å². The molecule has 1 aromatic rings. The zero-order chi connectivity index (χ0) is 13.0. The highest BCUT2D eigenvalue weighted by atomic mass is 79.9. The van der Waals surface area contributed by atoms with Gasteiger partial charge in [-0.1, -0.05) is 26.2 Å². The average Bonchev–Trinajstić information content (AvgIpc) is 2.28. The molecule has 0 aliphatic heterocycles. The molecule has 100 valence electrons. The summed E-state index contributed by atoms with van der Waals surface area (Å²) in [5, 5.41) is 3.64. The fourth-order valence-corrected chi connectivity index (χ4v) is 3.62. The van der Waals surface area contributed by atoms with Crippen molar-refractivity contribution in [3.05, 3.63) is 26.9 Å². The van der Waals surface area contributed by atoms with Crippen LogP contribution in [0.2, 0.25) is 0 Å². The number of halogens is 2. The van der Waals surface area contributed by atoms with Crippen molar-refractivity contribution in [2.45, 2.75) is 45.1 Å². The second kappa shape index (κ2) is 7.01. The van der Waals surface area contributed by atoms with Gasteiger partial charge in [-0.3, -0.25) is 4.98 Å². The minimum atomic E-state index is 0.387. The lowest BCUT2D eigenvalue weighted by atomic mass is 9.80. The SMILES string of the molecule is CCCNC(CC1CCC1)c1ncc(Br)cc1Br. The molecule has 4 heteroatoms. The molecule has 0 saturated heterocycles. The zero-order valence-corrected chi connectivity index (χ0v) is 13.9. The van der Waals surface area contributed by atoms with Crippen molar-refractivity contribution in [2.75, 3.05) is 6.54 Å². The van der Waals surface area contributed by atoms with E-state index in [2.05, 4.69) is 55.2 Å². The van der Waals surface area contributed by atoms with Gasteiger partial charge in [0.2, 0.25) is 0 Å². The molecule has 18 heavy (non-hydrogen) atoms. The third kappa shape index (κ3) is 3.78. The minimum Gasteiger partial charge on any atom is -0.309 e. The Morgan fingerprint density at radius 3 is 2.78 bits per heavy atom. The molecule has 1 fully saturated rings. The van der Waals surface area contributed by atoms with Crippen molar-refractivity contribution in [1.29, 1.82) is 0 Å². The standard InChI is InChI=1S/C14H20Br2N2/c1-2-6-17-13(7-10-4-3-5-10)14-12(16)8-11(15)9-18-14/h8-10,13,17H,2-7H2,1H3. The smallest absolute Gasteiger partial charge is 0.0715 e. The highest BCUT2D eigenvalue weighted by Gasteiger charge is 2.24. The summed E-state index contributed by atoms with van der Waals surface area (Å²) in [4.78, 5) is 4.59. The molecule has 0 bridgehead atoms. The molecule has 1 N–H and O–H groups in total. The van der Waals surface area contributed by atoms with E-state index in [0.717, 1.165) is 33.5 Å². The van der Waals surface area contributed by atoms with Gasteiger partial charge in [0, 0.05) is 15.1 Å². The Bertz CT molecular complexity index is 391. The van der Waals surface area contributed by atoms with E-state index >= 15 is 0 Å². The summed E-state index contributed by atoms with van der Waals surface area (Å²) >= 11 is 7.10. The number of rotatable bonds is 6. The highest BCUT2D eigenvalue weighted by Crippen LogP contribution is 2.36. The molecule has 1 aliphatic rings. The molecule has 0 amide bonds. The van der Waals surface area contributed by atoms with E-state index in [4.69, 9.17) is 0 Å². The van der Waals surface area contributed by atoms with Crippen LogP contribution in [0.5, 0.6) is 0 Å². The van der Waals surface area contributed by atoms with Crippen LogP contribution in [0.15, 0.2) is 21.2 Å². The van der Waals surface area contributed by atoms with Gasteiger partial charge < -0.3 is 5.32 Å². The molecular weight excluding hydrogens is 356 g/mol. The second-order valence-corrected chi connectivity index (χ2v) is 6.83. The van der Waals surface area contributed by atoms with E-state index in [1.165, 1.54) is 25.7 Å². The first kappa shape index (κ1) is 14.5. The third-order valence-corrected chi connectivity index (χ3v) is 4.67. The molecule has 1 heterocycles. The van der Waals surface area contributed by atoms with Gasteiger partial charge in [-0.2, -0.15) is 0 Å². The van der Waals surface area contributed by atoms with Gasteiger partial charge in [-0.05, 0) is 63.2 Å². The maximum atomic E-state index is 4.59. The van der Waals surface area contributed by atoms with E-state index in [-0.39, 0.29) is 0 Å². The summed E-state index contributed by atoms with van der Waals surface area (Å²) < 4.78 is 2.13. The van der Waals surface area contributed by atoms with Crippen molar-refractivity contribution in [3.8, 4) is 0 Å². The van der Waals surface area contributed by atoms with E-state index in [9.17, 15) is 0 Å². The van der Waals surface area contributed by atoms with Crippen molar-refractivity contribution < 1.29 is 0 Å². The first-order valence-electron chi connectivity index (χ1n) is 6.75. The van der Waals surface area contributed by atoms with Crippen LogP contribution in [-0.2, 0) is 0 Å². The van der Waals surface area contributed by atoms with Crippen molar-refractivity contribution in [3.63, 3.8) is 0 Å². The van der Waals surface area contributed by atoms with E-state index in [1.807, 2.05) is 6.20 Å². The van der Waals surface area contributed by atoms with Gasteiger partial charge in [0.15, 0.2) is 0 Å². The summed E-state index contributed by atoms with van der Waals surface area (Å²) in [5.41, 5.74) is 1.15. The van der Waals surface area contributed by atoms with Crippen LogP contribution in [0, 0.1) is 5.92 Å². The Labute approximate surface area is 126 Å². The lowest BCUT2D eigenvalue weighted by Gasteiger charge is -2.30. The number of pyridine rings is 1. The molecule has 0 aromatic carbocycles. The maximum absolute atomic E-state index is 4.59.